The second-order valence-corrected chi connectivity index (χ2v) is 4.58. The maximum Gasteiger partial charge on any atom is 0.128 e. The Balaban J connectivity index is 2.37. The predicted octanol–water partition coefficient (Wildman–Crippen LogP) is 3.65. The summed E-state index contributed by atoms with van der Waals surface area (Å²) in [6.45, 7) is 1.68. The summed E-state index contributed by atoms with van der Waals surface area (Å²) < 4.78 is 26.6. The number of hydrogen-bond acceptors (Lipinski definition) is 2. The van der Waals surface area contributed by atoms with Crippen LogP contribution in [0.25, 0.3) is 0 Å². The molecule has 0 atom stereocenters. The minimum Gasteiger partial charge on any atom is -0.389 e. The van der Waals surface area contributed by atoms with Crippen molar-refractivity contribution in [1.29, 1.82) is 0 Å². The van der Waals surface area contributed by atoms with Crippen molar-refractivity contribution in [3.05, 3.63) is 59.2 Å². The van der Waals surface area contributed by atoms with Crippen molar-refractivity contribution in [3.8, 4) is 0 Å². The lowest BCUT2D eigenvalue weighted by atomic mass is 10.1. The third-order valence-corrected chi connectivity index (χ3v) is 2.92. The SMILES string of the molecule is Cc1ccc(Nc2ccc(F)cc2C(N)=S)cc1F. The quantitative estimate of drug-likeness (QED) is 0.842. The first-order valence-corrected chi connectivity index (χ1v) is 6.01. The van der Waals surface area contributed by atoms with E-state index < -0.39 is 5.82 Å². The molecule has 0 fully saturated rings. The number of halogens is 2. The van der Waals surface area contributed by atoms with Crippen molar-refractivity contribution in [1.82, 2.24) is 0 Å². The lowest BCUT2D eigenvalue weighted by Crippen LogP contribution is -2.12. The van der Waals surface area contributed by atoms with Crippen molar-refractivity contribution in [3.63, 3.8) is 0 Å². The molecule has 0 radical (unpaired) electrons. The molecule has 19 heavy (non-hydrogen) atoms. The van der Waals surface area contributed by atoms with Crippen LogP contribution in [-0.2, 0) is 0 Å². The zero-order chi connectivity index (χ0) is 14.0. The molecule has 3 N–H and O–H groups in total. The second kappa shape index (κ2) is 5.32. The molecular formula is C14H12F2N2S. The Kier molecular flexibility index (Phi) is 3.76. The molecule has 0 aliphatic carbocycles. The molecule has 0 aliphatic heterocycles. The van der Waals surface area contributed by atoms with E-state index in [1.54, 1.807) is 19.1 Å². The van der Waals surface area contributed by atoms with Gasteiger partial charge in [0.05, 0.1) is 0 Å². The van der Waals surface area contributed by atoms with E-state index in [9.17, 15) is 8.78 Å². The number of rotatable bonds is 3. The maximum absolute atomic E-state index is 13.5. The molecule has 2 aromatic rings. The number of anilines is 2. The van der Waals surface area contributed by atoms with Crippen LogP contribution in [0.3, 0.4) is 0 Å². The van der Waals surface area contributed by atoms with Gasteiger partial charge in [-0.2, -0.15) is 0 Å². The molecule has 0 amide bonds. The van der Waals surface area contributed by atoms with E-state index in [1.807, 2.05) is 0 Å². The molecule has 0 saturated heterocycles. The van der Waals surface area contributed by atoms with Crippen molar-refractivity contribution in [2.24, 2.45) is 5.73 Å². The zero-order valence-electron chi connectivity index (χ0n) is 10.2. The van der Waals surface area contributed by atoms with Gasteiger partial charge in [-0.15, -0.1) is 0 Å². The van der Waals surface area contributed by atoms with Gasteiger partial charge in [0.2, 0.25) is 0 Å². The van der Waals surface area contributed by atoms with Crippen molar-refractivity contribution in [2.75, 3.05) is 5.32 Å². The van der Waals surface area contributed by atoms with Gasteiger partial charge >= 0.3 is 0 Å². The molecule has 0 aromatic heterocycles. The fourth-order valence-electron chi connectivity index (χ4n) is 1.66. The van der Waals surface area contributed by atoms with Crippen LogP contribution in [0.1, 0.15) is 11.1 Å². The highest BCUT2D eigenvalue weighted by Crippen LogP contribution is 2.23. The number of thiocarbonyl (C=S) groups is 1. The molecule has 0 spiro atoms. The Morgan fingerprint density at radius 3 is 2.53 bits per heavy atom. The lowest BCUT2D eigenvalue weighted by Gasteiger charge is -2.12. The summed E-state index contributed by atoms with van der Waals surface area (Å²) >= 11 is 4.87. The van der Waals surface area contributed by atoms with Crippen LogP contribution in [0.15, 0.2) is 36.4 Å². The topological polar surface area (TPSA) is 38.0 Å². The fourth-order valence-corrected chi connectivity index (χ4v) is 1.82. The Morgan fingerprint density at radius 2 is 1.89 bits per heavy atom. The van der Waals surface area contributed by atoms with E-state index in [0.717, 1.165) is 0 Å². The van der Waals surface area contributed by atoms with Gasteiger partial charge in [0.25, 0.3) is 0 Å². The van der Waals surface area contributed by atoms with Crippen molar-refractivity contribution >= 4 is 28.6 Å². The average Bonchev–Trinajstić information content (AvgIpc) is 2.36. The summed E-state index contributed by atoms with van der Waals surface area (Å²) in [5.41, 5.74) is 7.57. The monoisotopic (exact) mass is 278 g/mol. The normalized spacial score (nSPS) is 10.3. The molecule has 2 aromatic carbocycles. The molecule has 0 aliphatic rings. The van der Waals surface area contributed by atoms with Gasteiger partial charge in [-0.25, -0.2) is 8.78 Å². The minimum absolute atomic E-state index is 0.0783. The largest absolute Gasteiger partial charge is 0.389 e. The van der Waals surface area contributed by atoms with Crippen LogP contribution in [0, 0.1) is 18.6 Å². The Bertz CT molecular complexity index is 641. The third-order valence-electron chi connectivity index (χ3n) is 2.70. The van der Waals surface area contributed by atoms with Crippen LogP contribution in [0.2, 0.25) is 0 Å². The lowest BCUT2D eigenvalue weighted by molar-refractivity contribution is 0.619. The number of benzene rings is 2. The summed E-state index contributed by atoms with van der Waals surface area (Å²) in [4.78, 5) is 0.0783. The van der Waals surface area contributed by atoms with Crippen molar-refractivity contribution < 1.29 is 8.78 Å². The molecule has 0 heterocycles. The van der Waals surface area contributed by atoms with E-state index in [4.69, 9.17) is 18.0 Å². The van der Waals surface area contributed by atoms with E-state index in [2.05, 4.69) is 5.32 Å². The molecule has 0 bridgehead atoms. The maximum atomic E-state index is 13.5. The Labute approximate surface area is 115 Å². The zero-order valence-corrected chi connectivity index (χ0v) is 11.0. The molecule has 0 unspecified atom stereocenters. The summed E-state index contributed by atoms with van der Waals surface area (Å²) in [6.07, 6.45) is 0. The molecule has 2 nitrogen and oxygen atoms in total. The minimum atomic E-state index is -0.427. The van der Waals surface area contributed by atoms with Crippen LogP contribution in [0.5, 0.6) is 0 Å². The molecule has 2 rings (SSSR count). The second-order valence-electron chi connectivity index (χ2n) is 4.14. The van der Waals surface area contributed by atoms with E-state index in [1.165, 1.54) is 24.3 Å². The first-order valence-electron chi connectivity index (χ1n) is 5.60. The summed E-state index contributed by atoms with van der Waals surface area (Å²) in [5.74, 6) is -0.743. The first kappa shape index (κ1) is 13.4. The fraction of sp³-hybridized carbons (Fsp3) is 0.0714. The van der Waals surface area contributed by atoms with Gasteiger partial charge in [0.15, 0.2) is 0 Å². The highest BCUT2D eigenvalue weighted by atomic mass is 32.1. The summed E-state index contributed by atoms with van der Waals surface area (Å²) in [6, 6.07) is 8.79. The average molecular weight is 278 g/mol. The van der Waals surface area contributed by atoms with Crippen LogP contribution >= 0.6 is 12.2 Å². The molecule has 0 saturated carbocycles. The summed E-state index contributed by atoms with van der Waals surface area (Å²) in [7, 11) is 0. The van der Waals surface area contributed by atoms with Gasteiger partial charge in [-0.3, -0.25) is 0 Å². The van der Waals surface area contributed by atoms with Crippen LogP contribution in [-0.4, -0.2) is 4.99 Å². The Hall–Kier alpha value is -2.01. The number of hydrogen-bond donors (Lipinski definition) is 2. The number of nitrogens with two attached hydrogens (primary N) is 1. The standard InChI is InChI=1S/C14H12F2N2S/c1-8-2-4-10(7-12(8)16)18-13-5-3-9(15)6-11(13)14(17)19/h2-7,18H,1H3,(H2,17,19). The van der Waals surface area contributed by atoms with Crippen LogP contribution in [0.4, 0.5) is 20.2 Å². The third kappa shape index (κ3) is 3.06. The van der Waals surface area contributed by atoms with Gasteiger partial charge < -0.3 is 11.1 Å². The summed E-state index contributed by atoms with van der Waals surface area (Å²) in [5, 5.41) is 2.97. The Morgan fingerprint density at radius 1 is 1.16 bits per heavy atom. The number of nitrogens with one attached hydrogen (secondary N) is 1. The molecule has 98 valence electrons. The molecule has 5 heteroatoms. The highest BCUT2D eigenvalue weighted by molar-refractivity contribution is 7.80. The smallest absolute Gasteiger partial charge is 0.128 e. The van der Waals surface area contributed by atoms with Crippen molar-refractivity contribution in [2.45, 2.75) is 6.92 Å². The van der Waals surface area contributed by atoms with Gasteiger partial charge in [0, 0.05) is 16.9 Å². The van der Waals surface area contributed by atoms with E-state index in [-0.39, 0.29) is 10.8 Å². The van der Waals surface area contributed by atoms with E-state index >= 15 is 0 Å². The van der Waals surface area contributed by atoms with E-state index in [0.29, 0.717) is 22.5 Å². The van der Waals surface area contributed by atoms with Gasteiger partial charge in [-0.05, 0) is 42.8 Å². The first-order chi connectivity index (χ1) is 8.97. The van der Waals surface area contributed by atoms with Gasteiger partial charge in [-0.1, -0.05) is 18.3 Å². The van der Waals surface area contributed by atoms with Crippen LogP contribution < -0.4 is 11.1 Å². The highest BCUT2D eigenvalue weighted by Gasteiger charge is 2.08. The predicted molar refractivity (Wildman–Crippen MR) is 76.7 cm³/mol. The molecular weight excluding hydrogens is 266 g/mol. The number of aryl methyl sites for hydroxylation is 1. The van der Waals surface area contributed by atoms with Gasteiger partial charge in [0.1, 0.15) is 16.6 Å².